The molecule has 3 N–H and O–H groups in total. The van der Waals surface area contributed by atoms with E-state index in [-0.39, 0.29) is 5.91 Å². The number of amides is 2. The number of thiophene rings is 2. The molecule has 0 saturated heterocycles. The van der Waals surface area contributed by atoms with E-state index in [1.54, 1.807) is 17.4 Å². The first-order valence-electron chi connectivity index (χ1n) is 11.5. The van der Waals surface area contributed by atoms with Crippen molar-refractivity contribution in [1.29, 1.82) is 0 Å². The Bertz CT molecular complexity index is 1550. The Hall–Kier alpha value is -3.37. The molecule has 0 spiro atoms. The number of nitrogens with two attached hydrogens (primary N) is 1. The van der Waals surface area contributed by atoms with Crippen molar-refractivity contribution in [3.8, 4) is 9.88 Å². The van der Waals surface area contributed by atoms with Gasteiger partial charge in [0.2, 0.25) is 0 Å². The van der Waals surface area contributed by atoms with Gasteiger partial charge in [0.15, 0.2) is 0 Å². The fourth-order valence-electron chi connectivity index (χ4n) is 4.50. The number of aromatic nitrogens is 1. The highest BCUT2D eigenvalue weighted by molar-refractivity contribution is 7.26. The first-order chi connectivity index (χ1) is 17.5. The van der Waals surface area contributed by atoms with Crippen LogP contribution in [0.4, 0.5) is 5.00 Å². The van der Waals surface area contributed by atoms with Crippen LogP contribution in [0.3, 0.4) is 0 Å². The van der Waals surface area contributed by atoms with Crippen LogP contribution in [-0.2, 0) is 19.5 Å². The zero-order chi connectivity index (χ0) is 24.6. The number of hydrogen-bond acceptors (Lipinski definition) is 7. The summed E-state index contributed by atoms with van der Waals surface area (Å²) in [5, 5.41) is 4.40. The van der Waals surface area contributed by atoms with Crippen LogP contribution in [0.15, 0.2) is 66.7 Å². The van der Waals surface area contributed by atoms with Gasteiger partial charge in [-0.3, -0.25) is 14.5 Å². The van der Waals surface area contributed by atoms with Gasteiger partial charge >= 0.3 is 0 Å². The predicted molar refractivity (Wildman–Crippen MR) is 148 cm³/mol. The second-order valence-corrected chi connectivity index (χ2v) is 11.8. The third-order valence-electron chi connectivity index (χ3n) is 6.19. The molecule has 2 aromatic carbocycles. The van der Waals surface area contributed by atoms with Crippen LogP contribution in [0.1, 0.15) is 36.0 Å². The van der Waals surface area contributed by atoms with Gasteiger partial charge < -0.3 is 11.1 Å². The van der Waals surface area contributed by atoms with E-state index in [4.69, 9.17) is 10.7 Å². The number of thiazole rings is 1. The zero-order valence-corrected chi connectivity index (χ0v) is 21.6. The summed E-state index contributed by atoms with van der Waals surface area (Å²) in [5.74, 6) is -0.741. The highest BCUT2D eigenvalue weighted by Gasteiger charge is 2.28. The number of rotatable bonds is 6. The number of para-hydroxylation sites is 1. The summed E-state index contributed by atoms with van der Waals surface area (Å²) in [5.41, 5.74) is 9.39. The first kappa shape index (κ1) is 23.1. The van der Waals surface area contributed by atoms with Crippen molar-refractivity contribution < 1.29 is 9.59 Å². The number of benzene rings is 2. The minimum atomic E-state index is -0.499. The van der Waals surface area contributed by atoms with Crippen LogP contribution in [0.2, 0.25) is 0 Å². The van der Waals surface area contributed by atoms with Gasteiger partial charge in [0.25, 0.3) is 11.8 Å². The number of carbonyl (C=O) groups excluding carboxylic acids is 2. The van der Waals surface area contributed by atoms with E-state index < -0.39 is 5.91 Å². The quantitative estimate of drug-likeness (QED) is 0.282. The van der Waals surface area contributed by atoms with Gasteiger partial charge in [-0.2, -0.15) is 0 Å². The largest absolute Gasteiger partial charge is 0.365 e. The molecule has 1 aliphatic heterocycles. The lowest BCUT2D eigenvalue weighted by Crippen LogP contribution is -2.30. The summed E-state index contributed by atoms with van der Waals surface area (Å²) in [6, 6.07) is 22.1. The maximum atomic E-state index is 13.2. The van der Waals surface area contributed by atoms with Crippen molar-refractivity contribution in [2.24, 2.45) is 5.73 Å². The second kappa shape index (κ2) is 9.59. The molecule has 0 fully saturated rings. The normalized spacial score (nSPS) is 13.6. The molecule has 0 bridgehead atoms. The van der Waals surface area contributed by atoms with Crippen LogP contribution in [-0.4, -0.2) is 28.2 Å². The fourth-order valence-corrected chi connectivity index (χ4v) is 7.71. The average Bonchev–Trinajstić information content (AvgIpc) is 3.60. The lowest BCUT2D eigenvalue weighted by molar-refractivity contribution is 0.0999. The number of hydrogen-bond donors (Lipinski definition) is 2. The second-order valence-electron chi connectivity index (χ2n) is 8.62. The van der Waals surface area contributed by atoms with E-state index in [9.17, 15) is 9.59 Å². The Morgan fingerprint density at radius 1 is 0.972 bits per heavy atom. The number of nitrogens with zero attached hydrogens (tertiary/aromatic N) is 2. The molecule has 0 radical (unpaired) electrons. The Morgan fingerprint density at radius 2 is 1.78 bits per heavy atom. The number of anilines is 1. The first-order valence-corrected chi connectivity index (χ1v) is 14.0. The maximum Gasteiger partial charge on any atom is 0.266 e. The number of nitrogens with one attached hydrogen (secondary N) is 1. The van der Waals surface area contributed by atoms with E-state index in [0.29, 0.717) is 15.4 Å². The Balaban J connectivity index is 1.22. The molecule has 5 aromatic rings. The highest BCUT2D eigenvalue weighted by atomic mass is 32.1. The molecular formula is C27H22N4O2S3. The van der Waals surface area contributed by atoms with Gasteiger partial charge in [-0.15, -0.1) is 34.0 Å². The fraction of sp³-hybridized carbons (Fsp3) is 0.148. The van der Waals surface area contributed by atoms with Gasteiger partial charge in [0.05, 0.1) is 25.5 Å². The third-order valence-corrected chi connectivity index (χ3v) is 9.61. The molecule has 0 atom stereocenters. The van der Waals surface area contributed by atoms with E-state index in [1.807, 2.05) is 48.5 Å². The smallest absolute Gasteiger partial charge is 0.266 e. The minimum Gasteiger partial charge on any atom is -0.365 e. The molecule has 6 rings (SSSR count). The zero-order valence-electron chi connectivity index (χ0n) is 19.2. The van der Waals surface area contributed by atoms with E-state index >= 15 is 0 Å². The molecular weight excluding hydrogens is 509 g/mol. The predicted octanol–water partition coefficient (Wildman–Crippen LogP) is 6.00. The molecule has 0 aliphatic carbocycles. The van der Waals surface area contributed by atoms with Crippen LogP contribution >= 0.6 is 34.0 Å². The lowest BCUT2D eigenvalue weighted by Gasteiger charge is -2.27. The SMILES string of the molecule is NC(=O)c1c(NC(=O)c2ccc(-c3nc4ccccc4s3)s2)sc2c1CCN(Cc1ccccc1)C2. The van der Waals surface area contributed by atoms with Gasteiger partial charge in [-0.1, -0.05) is 42.5 Å². The monoisotopic (exact) mass is 530 g/mol. The van der Waals surface area contributed by atoms with Crippen molar-refractivity contribution in [2.75, 3.05) is 11.9 Å². The van der Waals surface area contributed by atoms with Crippen molar-refractivity contribution in [2.45, 2.75) is 19.5 Å². The van der Waals surface area contributed by atoms with Crippen LogP contribution in [0.5, 0.6) is 0 Å². The average molecular weight is 531 g/mol. The Morgan fingerprint density at radius 3 is 2.58 bits per heavy atom. The van der Waals surface area contributed by atoms with Crippen molar-refractivity contribution in [3.05, 3.63) is 93.2 Å². The summed E-state index contributed by atoms with van der Waals surface area (Å²) in [4.78, 5) is 35.2. The molecule has 3 aromatic heterocycles. The van der Waals surface area contributed by atoms with E-state index in [2.05, 4.69) is 22.3 Å². The summed E-state index contributed by atoms with van der Waals surface area (Å²) < 4.78 is 1.11. The summed E-state index contributed by atoms with van der Waals surface area (Å²) in [7, 11) is 0. The number of primary amides is 1. The van der Waals surface area contributed by atoms with Gasteiger partial charge in [0.1, 0.15) is 10.0 Å². The lowest BCUT2D eigenvalue weighted by atomic mass is 10.0. The Kier molecular flexibility index (Phi) is 6.14. The van der Waals surface area contributed by atoms with Crippen molar-refractivity contribution in [3.63, 3.8) is 0 Å². The molecule has 0 saturated carbocycles. The number of fused-ring (bicyclic) bond motifs is 2. The number of carbonyl (C=O) groups is 2. The van der Waals surface area contributed by atoms with Gasteiger partial charge in [-0.25, -0.2) is 4.98 Å². The molecule has 1 aliphatic rings. The molecule has 2 amide bonds. The molecule has 4 heterocycles. The summed E-state index contributed by atoms with van der Waals surface area (Å²) in [6.07, 6.45) is 0.730. The summed E-state index contributed by atoms with van der Waals surface area (Å²) >= 11 is 4.46. The van der Waals surface area contributed by atoms with Gasteiger partial charge in [-0.05, 0) is 41.8 Å². The standard InChI is InChI=1S/C27H22N4O2S3/c28-24(32)23-17-12-13-31(14-16-6-2-1-3-7-16)15-22(17)36-27(23)30-25(33)20-10-11-21(34-20)26-29-18-8-4-5-9-19(18)35-26/h1-11H,12-15H2,(H2,28,32)(H,30,33). The van der Waals surface area contributed by atoms with E-state index in [0.717, 1.165) is 56.6 Å². The molecule has 180 valence electrons. The summed E-state index contributed by atoms with van der Waals surface area (Å²) in [6.45, 7) is 2.41. The van der Waals surface area contributed by atoms with E-state index in [1.165, 1.54) is 28.2 Å². The molecule has 0 unspecified atom stereocenters. The Labute approximate surface area is 220 Å². The highest BCUT2D eigenvalue weighted by Crippen LogP contribution is 2.39. The molecule has 9 heteroatoms. The van der Waals surface area contributed by atoms with Crippen molar-refractivity contribution >= 4 is 61.0 Å². The van der Waals surface area contributed by atoms with Crippen LogP contribution < -0.4 is 11.1 Å². The third kappa shape index (κ3) is 4.46. The van der Waals surface area contributed by atoms with Crippen LogP contribution in [0.25, 0.3) is 20.1 Å². The van der Waals surface area contributed by atoms with Gasteiger partial charge in [0, 0.05) is 24.5 Å². The van der Waals surface area contributed by atoms with Crippen molar-refractivity contribution in [1.82, 2.24) is 9.88 Å². The van der Waals surface area contributed by atoms with Crippen LogP contribution in [0, 0.1) is 0 Å². The molecule has 36 heavy (non-hydrogen) atoms. The topological polar surface area (TPSA) is 88.3 Å². The molecule has 6 nitrogen and oxygen atoms in total. The maximum absolute atomic E-state index is 13.2. The minimum absolute atomic E-state index is 0.241.